The van der Waals surface area contributed by atoms with Crippen molar-refractivity contribution in [1.29, 1.82) is 0 Å². The van der Waals surface area contributed by atoms with E-state index in [2.05, 4.69) is 10.2 Å². The van der Waals surface area contributed by atoms with Gasteiger partial charge < -0.3 is 5.11 Å². The van der Waals surface area contributed by atoms with Crippen molar-refractivity contribution in [3.05, 3.63) is 77.2 Å². The SMILES string of the molecule is Cc1ccccc1-c1nncc2cc(Cl)c(-c3c(O)cccc3F)cc12. The highest BCUT2D eigenvalue weighted by atomic mass is 35.5. The van der Waals surface area contributed by atoms with Crippen LogP contribution >= 0.6 is 11.6 Å². The first-order valence-electron chi connectivity index (χ1n) is 8.05. The van der Waals surface area contributed by atoms with E-state index in [1.807, 2.05) is 31.2 Å². The molecule has 3 aromatic carbocycles. The summed E-state index contributed by atoms with van der Waals surface area (Å²) in [4.78, 5) is 0. The molecule has 4 rings (SSSR count). The summed E-state index contributed by atoms with van der Waals surface area (Å²) in [5.41, 5.74) is 3.18. The number of aromatic nitrogens is 2. The van der Waals surface area contributed by atoms with Crippen molar-refractivity contribution in [1.82, 2.24) is 10.2 Å². The van der Waals surface area contributed by atoms with Crippen LogP contribution in [0.5, 0.6) is 5.75 Å². The molecule has 0 radical (unpaired) electrons. The zero-order valence-electron chi connectivity index (χ0n) is 13.9. The Kier molecular flexibility index (Phi) is 4.05. The molecule has 0 aliphatic heterocycles. The second kappa shape index (κ2) is 6.39. The van der Waals surface area contributed by atoms with Gasteiger partial charge in [0.25, 0.3) is 0 Å². The maximum atomic E-state index is 14.4. The number of fused-ring (bicyclic) bond motifs is 1. The van der Waals surface area contributed by atoms with E-state index in [4.69, 9.17) is 11.6 Å². The van der Waals surface area contributed by atoms with Gasteiger partial charge in [0.1, 0.15) is 17.3 Å². The number of hydrogen-bond donors (Lipinski definition) is 1. The van der Waals surface area contributed by atoms with Crippen LogP contribution in [-0.2, 0) is 0 Å². The fourth-order valence-corrected chi connectivity index (χ4v) is 3.38. The summed E-state index contributed by atoms with van der Waals surface area (Å²) in [5, 5.41) is 20.4. The van der Waals surface area contributed by atoms with Gasteiger partial charge in [-0.3, -0.25) is 0 Å². The monoisotopic (exact) mass is 364 g/mol. The molecule has 1 N–H and O–H groups in total. The van der Waals surface area contributed by atoms with Crippen molar-refractivity contribution in [2.75, 3.05) is 0 Å². The number of phenolic OH excluding ortho intramolecular Hbond substituents is 1. The van der Waals surface area contributed by atoms with E-state index in [9.17, 15) is 9.50 Å². The van der Waals surface area contributed by atoms with Crippen LogP contribution in [0.2, 0.25) is 5.02 Å². The Morgan fingerprint density at radius 1 is 1.00 bits per heavy atom. The van der Waals surface area contributed by atoms with Crippen molar-refractivity contribution in [3.63, 3.8) is 0 Å². The number of nitrogens with zero attached hydrogens (tertiary/aromatic N) is 2. The predicted octanol–water partition coefficient (Wildman–Crippen LogP) is 5.77. The van der Waals surface area contributed by atoms with E-state index < -0.39 is 5.82 Å². The molecule has 1 aromatic heterocycles. The quantitative estimate of drug-likeness (QED) is 0.491. The van der Waals surface area contributed by atoms with E-state index >= 15 is 0 Å². The van der Waals surface area contributed by atoms with Crippen LogP contribution in [0.25, 0.3) is 33.2 Å². The number of rotatable bonds is 2. The molecular weight excluding hydrogens is 351 g/mol. The molecule has 0 amide bonds. The van der Waals surface area contributed by atoms with Crippen molar-refractivity contribution >= 4 is 22.4 Å². The molecule has 3 nitrogen and oxygen atoms in total. The van der Waals surface area contributed by atoms with Gasteiger partial charge in [0.2, 0.25) is 0 Å². The lowest BCUT2D eigenvalue weighted by atomic mass is 9.96. The highest BCUT2D eigenvalue weighted by Crippen LogP contribution is 2.40. The molecule has 0 saturated heterocycles. The lowest BCUT2D eigenvalue weighted by Gasteiger charge is -2.12. The first kappa shape index (κ1) is 16.5. The fourth-order valence-electron chi connectivity index (χ4n) is 3.11. The molecule has 128 valence electrons. The van der Waals surface area contributed by atoms with Crippen LogP contribution in [0.15, 0.2) is 60.8 Å². The van der Waals surface area contributed by atoms with Gasteiger partial charge in [-0.2, -0.15) is 5.10 Å². The third-order valence-electron chi connectivity index (χ3n) is 4.41. The highest BCUT2D eigenvalue weighted by Gasteiger charge is 2.17. The van der Waals surface area contributed by atoms with Gasteiger partial charge in [-0.1, -0.05) is 41.9 Å². The second-order valence-corrected chi connectivity index (χ2v) is 6.47. The average molecular weight is 365 g/mol. The van der Waals surface area contributed by atoms with Crippen LogP contribution in [0.4, 0.5) is 4.39 Å². The maximum Gasteiger partial charge on any atom is 0.134 e. The number of phenols is 1. The van der Waals surface area contributed by atoms with Crippen molar-refractivity contribution in [3.8, 4) is 28.1 Å². The lowest BCUT2D eigenvalue weighted by molar-refractivity contribution is 0.472. The van der Waals surface area contributed by atoms with Crippen LogP contribution in [0, 0.1) is 12.7 Å². The summed E-state index contributed by atoms with van der Waals surface area (Å²) in [6, 6.07) is 15.5. The van der Waals surface area contributed by atoms with Gasteiger partial charge in [-0.25, -0.2) is 4.39 Å². The molecule has 0 aliphatic carbocycles. The molecule has 1 heterocycles. The van der Waals surface area contributed by atoms with Crippen LogP contribution in [0.1, 0.15) is 5.56 Å². The van der Waals surface area contributed by atoms with Gasteiger partial charge in [0.05, 0.1) is 11.8 Å². The Bertz CT molecular complexity index is 1120. The van der Waals surface area contributed by atoms with E-state index in [1.54, 1.807) is 18.3 Å². The second-order valence-electron chi connectivity index (χ2n) is 6.06. The molecule has 26 heavy (non-hydrogen) atoms. The van der Waals surface area contributed by atoms with Gasteiger partial charge in [-0.15, -0.1) is 5.10 Å². The maximum absolute atomic E-state index is 14.4. The van der Waals surface area contributed by atoms with Crippen LogP contribution < -0.4 is 0 Å². The molecule has 5 heteroatoms. The van der Waals surface area contributed by atoms with E-state index in [1.165, 1.54) is 18.2 Å². The van der Waals surface area contributed by atoms with Crippen LogP contribution in [-0.4, -0.2) is 15.3 Å². The minimum Gasteiger partial charge on any atom is -0.507 e. The summed E-state index contributed by atoms with van der Waals surface area (Å²) in [7, 11) is 0. The molecule has 0 unspecified atom stereocenters. The lowest BCUT2D eigenvalue weighted by Crippen LogP contribution is -1.94. The number of aryl methyl sites for hydroxylation is 1. The fraction of sp³-hybridized carbons (Fsp3) is 0.0476. The van der Waals surface area contributed by atoms with Crippen LogP contribution in [0.3, 0.4) is 0 Å². The third kappa shape index (κ3) is 2.68. The van der Waals surface area contributed by atoms with E-state index in [-0.39, 0.29) is 11.3 Å². The smallest absolute Gasteiger partial charge is 0.134 e. The first-order chi connectivity index (χ1) is 12.6. The average Bonchev–Trinajstić information content (AvgIpc) is 2.62. The Labute approximate surface area is 154 Å². The number of aromatic hydroxyl groups is 1. The van der Waals surface area contributed by atoms with Gasteiger partial charge in [0.15, 0.2) is 0 Å². The van der Waals surface area contributed by atoms with E-state index in [0.29, 0.717) is 16.3 Å². The first-order valence-corrected chi connectivity index (χ1v) is 8.43. The summed E-state index contributed by atoms with van der Waals surface area (Å²) in [5.74, 6) is -0.698. The van der Waals surface area contributed by atoms with Crippen molar-refractivity contribution < 1.29 is 9.50 Å². The Morgan fingerprint density at radius 3 is 2.58 bits per heavy atom. The van der Waals surface area contributed by atoms with Gasteiger partial charge in [0, 0.05) is 26.9 Å². The molecule has 0 aliphatic rings. The normalized spacial score (nSPS) is 11.0. The molecule has 0 spiro atoms. The Balaban J connectivity index is 2.05. The number of hydrogen-bond acceptors (Lipinski definition) is 3. The van der Waals surface area contributed by atoms with E-state index in [0.717, 1.165) is 21.9 Å². The largest absolute Gasteiger partial charge is 0.507 e. The molecular formula is C21H14ClFN2O. The minimum atomic E-state index is -0.536. The molecule has 0 saturated carbocycles. The summed E-state index contributed by atoms with van der Waals surface area (Å²) >= 11 is 6.39. The molecule has 0 fully saturated rings. The topological polar surface area (TPSA) is 46.0 Å². The standard InChI is InChI=1S/C21H14ClFN2O/c1-12-5-2-3-6-14(12)21-15-10-16(17(22)9-13(15)11-24-25-21)20-18(23)7-4-8-19(20)26/h2-11,26H,1H3. The zero-order chi connectivity index (χ0) is 18.3. The van der Waals surface area contributed by atoms with Crippen molar-refractivity contribution in [2.45, 2.75) is 6.92 Å². The Hall–Kier alpha value is -2.98. The number of benzene rings is 3. The summed E-state index contributed by atoms with van der Waals surface area (Å²) in [6.07, 6.45) is 1.62. The predicted molar refractivity (Wildman–Crippen MR) is 102 cm³/mol. The third-order valence-corrected chi connectivity index (χ3v) is 4.72. The molecule has 0 atom stereocenters. The number of halogens is 2. The minimum absolute atomic E-state index is 0.0759. The van der Waals surface area contributed by atoms with Gasteiger partial charge in [-0.05, 0) is 36.8 Å². The zero-order valence-corrected chi connectivity index (χ0v) is 14.6. The molecule has 0 bridgehead atoms. The summed E-state index contributed by atoms with van der Waals surface area (Å²) < 4.78 is 14.4. The van der Waals surface area contributed by atoms with Gasteiger partial charge >= 0.3 is 0 Å². The Morgan fingerprint density at radius 2 is 1.81 bits per heavy atom. The van der Waals surface area contributed by atoms with Crippen molar-refractivity contribution in [2.24, 2.45) is 0 Å². The summed E-state index contributed by atoms with van der Waals surface area (Å²) in [6.45, 7) is 2.00. The molecule has 4 aromatic rings. The highest BCUT2D eigenvalue weighted by molar-refractivity contribution is 6.34.